The van der Waals surface area contributed by atoms with Crippen molar-refractivity contribution >= 4 is 17.4 Å². The fraction of sp³-hybridized carbons (Fsp3) is 0.379. The van der Waals surface area contributed by atoms with Gasteiger partial charge in [0.25, 0.3) is 0 Å². The highest BCUT2D eigenvalue weighted by Crippen LogP contribution is 2.47. The SMILES string of the molecule is COc1ccc(COC(=O)C2=C(C)NC3=C(C(=O)CC(C)(C)C3)[C@H]2c2ccc(N(C)C)cc2)cc1. The first kappa shape index (κ1) is 24.6. The maximum absolute atomic E-state index is 13.5. The first-order valence-electron chi connectivity index (χ1n) is 11.9. The molecule has 184 valence electrons. The molecule has 6 heteroatoms. The standard InChI is InChI=1S/C29H34N2O4/c1-18-25(28(33)35-17-19-7-13-22(34-6)14-8-19)26(20-9-11-21(12-10-20)31(4)5)27-23(30-18)15-29(2,3)16-24(27)32/h7-14,26,30H,15-17H2,1-6H3/t26-/m0/s1. The first-order valence-corrected chi connectivity index (χ1v) is 11.9. The lowest BCUT2D eigenvalue weighted by atomic mass is 9.68. The molecule has 0 saturated carbocycles. The number of ketones is 1. The molecule has 1 aliphatic heterocycles. The van der Waals surface area contributed by atoms with Crippen molar-refractivity contribution in [3.63, 3.8) is 0 Å². The minimum atomic E-state index is -0.463. The highest BCUT2D eigenvalue weighted by Gasteiger charge is 2.43. The molecule has 0 fully saturated rings. The maximum atomic E-state index is 13.5. The highest BCUT2D eigenvalue weighted by atomic mass is 16.5. The number of methoxy groups -OCH3 is 1. The first-order chi connectivity index (χ1) is 16.6. The van der Waals surface area contributed by atoms with E-state index < -0.39 is 11.9 Å². The molecule has 6 nitrogen and oxygen atoms in total. The minimum Gasteiger partial charge on any atom is -0.497 e. The third kappa shape index (κ3) is 5.11. The number of hydrogen-bond donors (Lipinski definition) is 1. The van der Waals surface area contributed by atoms with E-state index in [1.807, 2.05) is 74.4 Å². The second kappa shape index (κ2) is 9.61. The number of esters is 1. The molecule has 0 aromatic heterocycles. The van der Waals surface area contributed by atoms with Crippen LogP contribution in [0.25, 0.3) is 0 Å². The number of benzene rings is 2. The largest absolute Gasteiger partial charge is 0.497 e. The molecule has 2 aliphatic rings. The summed E-state index contributed by atoms with van der Waals surface area (Å²) < 4.78 is 11.0. The van der Waals surface area contributed by atoms with E-state index in [1.165, 1.54) is 0 Å². The van der Waals surface area contributed by atoms with Gasteiger partial charge in [0.2, 0.25) is 0 Å². The van der Waals surface area contributed by atoms with Crippen LogP contribution < -0.4 is 15.0 Å². The summed E-state index contributed by atoms with van der Waals surface area (Å²) >= 11 is 0. The van der Waals surface area contributed by atoms with Gasteiger partial charge in [0, 0.05) is 49.1 Å². The van der Waals surface area contributed by atoms with Gasteiger partial charge in [0.05, 0.1) is 12.7 Å². The number of Topliss-reactive ketones (excluding diaryl/α,β-unsaturated/α-hetero) is 1. The van der Waals surface area contributed by atoms with E-state index in [2.05, 4.69) is 19.2 Å². The molecule has 35 heavy (non-hydrogen) atoms. The van der Waals surface area contributed by atoms with Crippen LogP contribution in [0.5, 0.6) is 5.75 Å². The van der Waals surface area contributed by atoms with E-state index in [9.17, 15) is 9.59 Å². The molecule has 1 atom stereocenters. The van der Waals surface area contributed by atoms with Crippen LogP contribution in [0.2, 0.25) is 0 Å². The number of dihydropyridines is 1. The molecule has 1 N–H and O–H groups in total. The van der Waals surface area contributed by atoms with Gasteiger partial charge in [0.15, 0.2) is 5.78 Å². The van der Waals surface area contributed by atoms with E-state index >= 15 is 0 Å². The van der Waals surface area contributed by atoms with E-state index in [-0.39, 0.29) is 17.8 Å². The molecule has 1 aliphatic carbocycles. The van der Waals surface area contributed by atoms with Crippen molar-refractivity contribution in [2.75, 3.05) is 26.1 Å². The number of carbonyl (C=O) groups is 2. The van der Waals surface area contributed by atoms with Gasteiger partial charge in [-0.25, -0.2) is 4.79 Å². The van der Waals surface area contributed by atoms with Crippen molar-refractivity contribution in [2.45, 2.75) is 46.1 Å². The number of ether oxygens (including phenoxy) is 2. The summed E-state index contributed by atoms with van der Waals surface area (Å²) in [6, 6.07) is 15.5. The summed E-state index contributed by atoms with van der Waals surface area (Å²) in [5.41, 5.74) is 5.52. The topological polar surface area (TPSA) is 67.9 Å². The summed E-state index contributed by atoms with van der Waals surface area (Å²) in [7, 11) is 5.58. The zero-order valence-corrected chi connectivity index (χ0v) is 21.4. The zero-order valence-electron chi connectivity index (χ0n) is 21.4. The number of hydrogen-bond acceptors (Lipinski definition) is 6. The normalized spacial score (nSPS) is 19.1. The Kier molecular flexibility index (Phi) is 6.75. The molecular weight excluding hydrogens is 440 g/mol. The lowest BCUT2D eigenvalue weighted by Crippen LogP contribution is -2.38. The number of allylic oxidation sites excluding steroid dienone is 3. The van der Waals surface area contributed by atoms with Crippen molar-refractivity contribution in [2.24, 2.45) is 5.41 Å². The Balaban J connectivity index is 1.69. The summed E-state index contributed by atoms with van der Waals surface area (Å²) in [6.07, 6.45) is 1.21. The fourth-order valence-electron chi connectivity index (χ4n) is 4.95. The molecule has 0 radical (unpaired) electrons. The average molecular weight is 475 g/mol. The van der Waals surface area contributed by atoms with Gasteiger partial charge in [-0.15, -0.1) is 0 Å². The predicted molar refractivity (Wildman–Crippen MR) is 137 cm³/mol. The third-order valence-electron chi connectivity index (χ3n) is 6.73. The average Bonchev–Trinajstić information content (AvgIpc) is 2.81. The van der Waals surface area contributed by atoms with Gasteiger partial charge in [-0.1, -0.05) is 38.1 Å². The molecule has 0 spiro atoms. The fourth-order valence-corrected chi connectivity index (χ4v) is 4.95. The van der Waals surface area contributed by atoms with Crippen molar-refractivity contribution < 1.29 is 19.1 Å². The van der Waals surface area contributed by atoms with Crippen LogP contribution in [0.3, 0.4) is 0 Å². The van der Waals surface area contributed by atoms with Crippen LogP contribution in [0.15, 0.2) is 71.1 Å². The smallest absolute Gasteiger partial charge is 0.337 e. The summed E-state index contributed by atoms with van der Waals surface area (Å²) in [5, 5.41) is 3.39. The summed E-state index contributed by atoms with van der Waals surface area (Å²) in [6.45, 7) is 6.24. The number of nitrogens with one attached hydrogen (secondary N) is 1. The minimum absolute atomic E-state index is 0.0818. The maximum Gasteiger partial charge on any atom is 0.337 e. The molecule has 0 saturated heterocycles. The monoisotopic (exact) mass is 474 g/mol. The molecule has 2 aromatic carbocycles. The Morgan fingerprint density at radius 2 is 1.71 bits per heavy atom. The Morgan fingerprint density at radius 3 is 2.31 bits per heavy atom. The lowest BCUT2D eigenvalue weighted by Gasteiger charge is -2.39. The Labute approximate surface area is 207 Å². The number of rotatable bonds is 6. The quantitative estimate of drug-likeness (QED) is 0.587. The van der Waals surface area contributed by atoms with Crippen molar-refractivity contribution in [3.8, 4) is 5.75 Å². The molecule has 0 amide bonds. The lowest BCUT2D eigenvalue weighted by molar-refractivity contribution is -0.140. The van der Waals surface area contributed by atoms with Gasteiger partial charge in [-0.3, -0.25) is 4.79 Å². The Morgan fingerprint density at radius 1 is 1.06 bits per heavy atom. The van der Waals surface area contributed by atoms with Crippen LogP contribution in [0, 0.1) is 5.41 Å². The molecule has 2 aromatic rings. The summed E-state index contributed by atoms with van der Waals surface area (Å²) in [4.78, 5) is 28.9. The third-order valence-corrected chi connectivity index (χ3v) is 6.73. The zero-order chi connectivity index (χ0) is 25.3. The van der Waals surface area contributed by atoms with Crippen LogP contribution in [-0.2, 0) is 20.9 Å². The van der Waals surface area contributed by atoms with E-state index in [4.69, 9.17) is 9.47 Å². The second-order valence-corrected chi connectivity index (χ2v) is 10.3. The molecule has 0 unspecified atom stereocenters. The number of nitrogens with zero attached hydrogens (tertiary/aromatic N) is 1. The van der Waals surface area contributed by atoms with Crippen LogP contribution >= 0.6 is 0 Å². The van der Waals surface area contributed by atoms with Gasteiger partial charge in [-0.05, 0) is 54.2 Å². The highest BCUT2D eigenvalue weighted by molar-refractivity contribution is 6.04. The van der Waals surface area contributed by atoms with Crippen molar-refractivity contribution in [1.29, 1.82) is 0 Å². The van der Waals surface area contributed by atoms with Crippen molar-refractivity contribution in [3.05, 3.63) is 82.2 Å². The van der Waals surface area contributed by atoms with Crippen LogP contribution in [-0.4, -0.2) is 33.0 Å². The van der Waals surface area contributed by atoms with Crippen LogP contribution in [0.1, 0.15) is 50.7 Å². The van der Waals surface area contributed by atoms with Gasteiger partial charge in [0.1, 0.15) is 12.4 Å². The molecule has 1 heterocycles. The van der Waals surface area contributed by atoms with Crippen LogP contribution in [0.4, 0.5) is 5.69 Å². The molecular formula is C29H34N2O4. The van der Waals surface area contributed by atoms with Gasteiger partial charge in [-0.2, -0.15) is 0 Å². The van der Waals surface area contributed by atoms with Gasteiger partial charge >= 0.3 is 5.97 Å². The number of anilines is 1. The summed E-state index contributed by atoms with van der Waals surface area (Å²) in [5.74, 6) is -0.0564. The Bertz CT molecular complexity index is 1190. The molecule has 0 bridgehead atoms. The van der Waals surface area contributed by atoms with E-state index in [0.717, 1.165) is 40.4 Å². The predicted octanol–water partition coefficient (Wildman–Crippen LogP) is 5.11. The van der Waals surface area contributed by atoms with Gasteiger partial charge < -0.3 is 19.7 Å². The van der Waals surface area contributed by atoms with Crippen molar-refractivity contribution in [1.82, 2.24) is 5.32 Å². The second-order valence-electron chi connectivity index (χ2n) is 10.3. The Hall–Kier alpha value is -3.54. The molecule has 4 rings (SSSR count). The number of carbonyl (C=O) groups excluding carboxylic acids is 2. The van der Waals surface area contributed by atoms with E-state index in [0.29, 0.717) is 17.6 Å². The van der Waals surface area contributed by atoms with E-state index in [1.54, 1.807) is 7.11 Å².